The number of nitrogens with zero attached hydrogens (tertiary/aromatic N) is 1. The summed E-state index contributed by atoms with van der Waals surface area (Å²) in [7, 11) is 0. The molecule has 5 nitrogen and oxygen atoms in total. The Balaban J connectivity index is 2.56. The molecular formula is C17H25NO4. The molecule has 0 aliphatic carbocycles. The van der Waals surface area contributed by atoms with Crippen LogP contribution in [-0.2, 0) is 11.4 Å². The van der Waals surface area contributed by atoms with E-state index < -0.39 is 6.10 Å². The van der Waals surface area contributed by atoms with Gasteiger partial charge in [0, 0.05) is 6.54 Å². The van der Waals surface area contributed by atoms with Crippen molar-refractivity contribution >= 4 is 11.6 Å². The highest BCUT2D eigenvalue weighted by molar-refractivity contribution is 6.01. The first-order chi connectivity index (χ1) is 10.5. The molecule has 1 aliphatic rings. The lowest BCUT2D eigenvalue weighted by Crippen LogP contribution is -2.48. The molecule has 5 heteroatoms. The molecule has 22 heavy (non-hydrogen) atoms. The molecule has 1 aromatic carbocycles. The maximum atomic E-state index is 12.7. The van der Waals surface area contributed by atoms with Gasteiger partial charge in [-0.15, -0.1) is 0 Å². The van der Waals surface area contributed by atoms with Crippen LogP contribution in [0.4, 0.5) is 5.69 Å². The van der Waals surface area contributed by atoms with E-state index in [4.69, 9.17) is 9.47 Å². The zero-order chi connectivity index (χ0) is 16.3. The number of ether oxygens (including phenoxy) is 2. The van der Waals surface area contributed by atoms with E-state index in [1.54, 1.807) is 11.0 Å². The Morgan fingerprint density at radius 3 is 2.64 bits per heavy atom. The third-order valence-electron chi connectivity index (χ3n) is 3.68. The fraction of sp³-hybridized carbons (Fsp3) is 0.588. The second-order valence-corrected chi connectivity index (χ2v) is 5.81. The first kappa shape index (κ1) is 16.6. The van der Waals surface area contributed by atoms with Gasteiger partial charge in [-0.05, 0) is 37.0 Å². The zero-order valence-electron chi connectivity index (χ0n) is 13.8. The fourth-order valence-electron chi connectivity index (χ4n) is 2.64. The standard InChI is InChI=1S/C17H25NO4/c1-5-7-18-13-8-12(10-19)9-14(21-6-2)16(13)22-15(11(3)4)17(18)20/h8-9,11,15,19H,5-7,10H2,1-4H3. The first-order valence-electron chi connectivity index (χ1n) is 7.92. The lowest BCUT2D eigenvalue weighted by atomic mass is 10.0. The predicted molar refractivity (Wildman–Crippen MR) is 85.4 cm³/mol. The van der Waals surface area contributed by atoms with Gasteiger partial charge in [0.15, 0.2) is 17.6 Å². The van der Waals surface area contributed by atoms with E-state index in [9.17, 15) is 9.90 Å². The monoisotopic (exact) mass is 307 g/mol. The Morgan fingerprint density at radius 2 is 2.09 bits per heavy atom. The van der Waals surface area contributed by atoms with Crippen LogP contribution >= 0.6 is 0 Å². The van der Waals surface area contributed by atoms with Gasteiger partial charge in [-0.25, -0.2) is 0 Å². The molecule has 0 spiro atoms. The quantitative estimate of drug-likeness (QED) is 0.878. The number of rotatable bonds is 6. The first-order valence-corrected chi connectivity index (χ1v) is 7.92. The number of anilines is 1. The number of carbonyl (C=O) groups is 1. The number of aliphatic hydroxyl groups excluding tert-OH is 1. The smallest absolute Gasteiger partial charge is 0.268 e. The summed E-state index contributed by atoms with van der Waals surface area (Å²) in [5, 5.41) is 9.45. The molecule has 2 rings (SSSR count). The zero-order valence-corrected chi connectivity index (χ0v) is 13.8. The maximum absolute atomic E-state index is 12.7. The predicted octanol–water partition coefficient (Wildman–Crippen LogP) is 2.74. The summed E-state index contributed by atoms with van der Waals surface area (Å²) in [6, 6.07) is 3.58. The highest BCUT2D eigenvalue weighted by Crippen LogP contribution is 2.44. The highest BCUT2D eigenvalue weighted by atomic mass is 16.5. The van der Waals surface area contributed by atoms with E-state index in [0.717, 1.165) is 6.42 Å². The molecule has 1 N–H and O–H groups in total. The van der Waals surface area contributed by atoms with Crippen molar-refractivity contribution in [2.75, 3.05) is 18.1 Å². The topological polar surface area (TPSA) is 59.0 Å². The number of fused-ring (bicyclic) bond motifs is 1. The minimum absolute atomic E-state index is 0.0260. The van der Waals surface area contributed by atoms with Gasteiger partial charge in [-0.3, -0.25) is 4.79 Å². The number of carbonyl (C=O) groups excluding carboxylic acids is 1. The normalized spacial score (nSPS) is 17.5. The lowest BCUT2D eigenvalue weighted by molar-refractivity contribution is -0.128. The molecule has 0 fully saturated rings. The second kappa shape index (κ2) is 7.01. The van der Waals surface area contributed by atoms with Crippen LogP contribution in [0.2, 0.25) is 0 Å². The van der Waals surface area contributed by atoms with Gasteiger partial charge in [0.2, 0.25) is 0 Å². The van der Waals surface area contributed by atoms with Crippen LogP contribution in [0.5, 0.6) is 11.5 Å². The van der Waals surface area contributed by atoms with Gasteiger partial charge < -0.3 is 19.5 Å². The molecule has 122 valence electrons. The summed E-state index contributed by atoms with van der Waals surface area (Å²) >= 11 is 0. The van der Waals surface area contributed by atoms with Crippen molar-refractivity contribution in [3.05, 3.63) is 17.7 Å². The Bertz CT molecular complexity index is 542. The number of aliphatic hydroxyl groups is 1. The maximum Gasteiger partial charge on any atom is 0.268 e. The molecule has 1 unspecified atom stereocenters. The Labute approximate surface area is 131 Å². The van der Waals surface area contributed by atoms with Crippen molar-refractivity contribution in [3.63, 3.8) is 0 Å². The largest absolute Gasteiger partial charge is 0.490 e. The molecule has 1 heterocycles. The Hall–Kier alpha value is -1.75. The lowest BCUT2D eigenvalue weighted by Gasteiger charge is -2.37. The third-order valence-corrected chi connectivity index (χ3v) is 3.68. The van der Waals surface area contributed by atoms with Gasteiger partial charge in [-0.2, -0.15) is 0 Å². The third kappa shape index (κ3) is 3.04. The van der Waals surface area contributed by atoms with Gasteiger partial charge in [0.1, 0.15) is 0 Å². The van der Waals surface area contributed by atoms with Crippen LogP contribution in [0.25, 0.3) is 0 Å². The van der Waals surface area contributed by atoms with Gasteiger partial charge in [-0.1, -0.05) is 20.8 Å². The van der Waals surface area contributed by atoms with Crippen molar-refractivity contribution < 1.29 is 19.4 Å². The van der Waals surface area contributed by atoms with Gasteiger partial charge >= 0.3 is 0 Å². The number of hydrogen-bond donors (Lipinski definition) is 1. The molecule has 1 amide bonds. The molecular weight excluding hydrogens is 282 g/mol. The van der Waals surface area contributed by atoms with E-state index in [2.05, 4.69) is 0 Å². The van der Waals surface area contributed by atoms with Crippen LogP contribution in [0.1, 0.15) is 39.7 Å². The molecule has 1 aliphatic heterocycles. The van der Waals surface area contributed by atoms with Crippen LogP contribution in [0.3, 0.4) is 0 Å². The Morgan fingerprint density at radius 1 is 1.36 bits per heavy atom. The van der Waals surface area contributed by atoms with Crippen LogP contribution in [-0.4, -0.2) is 30.3 Å². The fourth-order valence-corrected chi connectivity index (χ4v) is 2.64. The molecule has 0 radical (unpaired) electrons. The molecule has 0 saturated carbocycles. The van der Waals surface area contributed by atoms with E-state index in [1.165, 1.54) is 0 Å². The summed E-state index contributed by atoms with van der Waals surface area (Å²) in [4.78, 5) is 14.4. The van der Waals surface area contributed by atoms with Crippen molar-refractivity contribution in [1.29, 1.82) is 0 Å². The summed E-state index contributed by atoms with van der Waals surface area (Å²) < 4.78 is 11.6. The number of amides is 1. The van der Waals surface area contributed by atoms with Crippen LogP contribution in [0.15, 0.2) is 12.1 Å². The summed E-state index contributed by atoms with van der Waals surface area (Å²) in [5.74, 6) is 1.24. The molecule has 0 aromatic heterocycles. The van der Waals surface area contributed by atoms with Crippen molar-refractivity contribution in [2.45, 2.75) is 46.8 Å². The van der Waals surface area contributed by atoms with E-state index in [1.807, 2.05) is 33.8 Å². The summed E-state index contributed by atoms with van der Waals surface area (Å²) in [6.45, 7) is 8.90. The van der Waals surface area contributed by atoms with Gasteiger partial charge in [0.05, 0.1) is 18.9 Å². The van der Waals surface area contributed by atoms with E-state index >= 15 is 0 Å². The summed E-state index contributed by atoms with van der Waals surface area (Å²) in [5.41, 5.74) is 1.40. The van der Waals surface area contributed by atoms with Crippen molar-refractivity contribution in [1.82, 2.24) is 0 Å². The number of benzene rings is 1. The second-order valence-electron chi connectivity index (χ2n) is 5.81. The van der Waals surface area contributed by atoms with Gasteiger partial charge in [0.25, 0.3) is 5.91 Å². The molecule has 0 saturated heterocycles. The average molecular weight is 307 g/mol. The van der Waals surface area contributed by atoms with Crippen LogP contribution in [0, 0.1) is 5.92 Å². The van der Waals surface area contributed by atoms with Crippen molar-refractivity contribution in [2.24, 2.45) is 5.92 Å². The highest BCUT2D eigenvalue weighted by Gasteiger charge is 2.37. The minimum Gasteiger partial charge on any atom is -0.490 e. The SMILES string of the molecule is CCCN1C(=O)C(C(C)C)Oc2c(OCC)cc(CO)cc21. The summed E-state index contributed by atoms with van der Waals surface area (Å²) in [6.07, 6.45) is 0.349. The molecule has 0 bridgehead atoms. The number of hydrogen-bond acceptors (Lipinski definition) is 4. The Kier molecular flexibility index (Phi) is 5.29. The average Bonchev–Trinajstić information content (AvgIpc) is 2.49. The molecule has 1 aromatic rings. The van der Waals surface area contributed by atoms with Crippen LogP contribution < -0.4 is 14.4 Å². The van der Waals surface area contributed by atoms with E-state index in [-0.39, 0.29) is 18.4 Å². The molecule has 1 atom stereocenters. The minimum atomic E-state index is -0.502. The van der Waals surface area contributed by atoms with Crippen molar-refractivity contribution in [3.8, 4) is 11.5 Å². The van der Waals surface area contributed by atoms with E-state index in [0.29, 0.717) is 35.9 Å².